The van der Waals surface area contributed by atoms with Crippen molar-refractivity contribution in [2.45, 2.75) is 43.6 Å². The fraction of sp³-hybridized carbons (Fsp3) is 0.423. The van der Waals surface area contributed by atoms with Crippen LogP contribution < -0.4 is 9.64 Å². The lowest BCUT2D eigenvalue weighted by molar-refractivity contribution is -0.130. The van der Waals surface area contributed by atoms with E-state index in [1.165, 1.54) is 17.4 Å². The van der Waals surface area contributed by atoms with Gasteiger partial charge in [0.15, 0.2) is 11.0 Å². The number of rotatable bonds is 9. The largest absolute Gasteiger partial charge is 0.497 e. The lowest BCUT2D eigenvalue weighted by Crippen LogP contribution is -2.50. The molecular weight excluding hydrogens is 446 g/mol. The number of para-hydroxylation sites is 1. The van der Waals surface area contributed by atoms with Gasteiger partial charge in [0.05, 0.1) is 12.4 Å². The third kappa shape index (κ3) is 5.55. The van der Waals surface area contributed by atoms with Crippen LogP contribution in [0.1, 0.15) is 26.7 Å². The molecule has 1 atom stereocenters. The molecule has 0 spiro atoms. The zero-order valence-corrected chi connectivity index (χ0v) is 21.0. The van der Waals surface area contributed by atoms with Crippen LogP contribution in [0, 0.1) is 0 Å². The van der Waals surface area contributed by atoms with Crippen molar-refractivity contribution in [3.05, 3.63) is 54.6 Å². The Morgan fingerprint density at radius 2 is 1.74 bits per heavy atom. The highest BCUT2D eigenvalue weighted by Gasteiger charge is 2.27. The van der Waals surface area contributed by atoms with E-state index in [-0.39, 0.29) is 11.2 Å². The number of carbonyl (C=O) groups excluding carboxylic acids is 1. The van der Waals surface area contributed by atoms with Gasteiger partial charge in [0.2, 0.25) is 5.91 Å². The SMILES string of the molecule is CCCCn1c(SC(C)C(=O)N2CCN(c3ccccc3)CC2)nnc1-c1ccc(OC)cc1. The summed E-state index contributed by atoms with van der Waals surface area (Å²) >= 11 is 1.50. The summed E-state index contributed by atoms with van der Waals surface area (Å²) in [7, 11) is 1.66. The average Bonchev–Trinajstić information content (AvgIpc) is 3.29. The van der Waals surface area contributed by atoms with Gasteiger partial charge in [-0.2, -0.15) is 0 Å². The highest BCUT2D eigenvalue weighted by molar-refractivity contribution is 8.00. The van der Waals surface area contributed by atoms with Gasteiger partial charge < -0.3 is 19.1 Å². The zero-order valence-electron chi connectivity index (χ0n) is 20.2. The lowest BCUT2D eigenvalue weighted by atomic mass is 10.2. The number of methoxy groups -OCH3 is 1. The molecule has 0 saturated carbocycles. The molecule has 1 aliphatic rings. The van der Waals surface area contributed by atoms with Crippen molar-refractivity contribution < 1.29 is 9.53 Å². The molecule has 1 unspecified atom stereocenters. The number of nitrogens with zero attached hydrogens (tertiary/aromatic N) is 5. The molecule has 34 heavy (non-hydrogen) atoms. The van der Waals surface area contributed by atoms with Crippen LogP contribution in [0.4, 0.5) is 5.69 Å². The molecule has 2 aromatic carbocycles. The maximum absolute atomic E-state index is 13.2. The third-order valence-electron chi connectivity index (χ3n) is 6.14. The molecule has 3 aromatic rings. The van der Waals surface area contributed by atoms with Crippen LogP contribution in [0.15, 0.2) is 59.8 Å². The van der Waals surface area contributed by atoms with Crippen LogP contribution in [0.25, 0.3) is 11.4 Å². The maximum Gasteiger partial charge on any atom is 0.236 e. The summed E-state index contributed by atoms with van der Waals surface area (Å²) in [5, 5.41) is 9.52. The highest BCUT2D eigenvalue weighted by atomic mass is 32.2. The Morgan fingerprint density at radius 1 is 1.03 bits per heavy atom. The molecule has 1 fully saturated rings. The van der Waals surface area contributed by atoms with E-state index >= 15 is 0 Å². The average molecular weight is 480 g/mol. The normalized spacial score (nSPS) is 14.8. The van der Waals surface area contributed by atoms with Gasteiger partial charge in [0.1, 0.15) is 5.75 Å². The fourth-order valence-electron chi connectivity index (χ4n) is 4.14. The number of ether oxygens (including phenoxy) is 1. The first-order chi connectivity index (χ1) is 16.6. The molecule has 0 aliphatic carbocycles. The first-order valence-electron chi connectivity index (χ1n) is 11.9. The number of carbonyl (C=O) groups is 1. The monoisotopic (exact) mass is 479 g/mol. The minimum absolute atomic E-state index is 0.161. The Hall–Kier alpha value is -3.00. The zero-order chi connectivity index (χ0) is 23.9. The summed E-state index contributed by atoms with van der Waals surface area (Å²) in [4.78, 5) is 17.6. The van der Waals surface area contributed by atoms with Crippen molar-refractivity contribution in [1.29, 1.82) is 0 Å². The van der Waals surface area contributed by atoms with Crippen LogP contribution in [-0.4, -0.2) is 64.1 Å². The predicted octanol–water partition coefficient (Wildman–Crippen LogP) is 4.58. The van der Waals surface area contributed by atoms with Crippen LogP contribution >= 0.6 is 11.8 Å². The molecule has 0 bridgehead atoms. The number of thioether (sulfide) groups is 1. The van der Waals surface area contributed by atoms with E-state index in [2.05, 4.69) is 50.9 Å². The fourth-order valence-corrected chi connectivity index (χ4v) is 5.10. The van der Waals surface area contributed by atoms with Crippen LogP contribution in [-0.2, 0) is 11.3 Å². The quantitative estimate of drug-likeness (QED) is 0.419. The van der Waals surface area contributed by atoms with Gasteiger partial charge in [0, 0.05) is 44.0 Å². The number of anilines is 1. The molecule has 1 amide bonds. The van der Waals surface area contributed by atoms with Gasteiger partial charge in [-0.1, -0.05) is 43.3 Å². The predicted molar refractivity (Wildman–Crippen MR) is 137 cm³/mol. The second kappa shape index (κ2) is 11.4. The standard InChI is InChI=1S/C26H33N5O2S/c1-4-5-15-31-24(21-11-13-23(33-3)14-12-21)27-28-26(31)34-20(2)25(32)30-18-16-29(17-19-30)22-9-7-6-8-10-22/h6-14,20H,4-5,15-19H2,1-3H3. The first-order valence-corrected chi connectivity index (χ1v) is 12.8. The Morgan fingerprint density at radius 3 is 2.38 bits per heavy atom. The number of piperazine rings is 1. The van der Waals surface area contributed by atoms with Crippen LogP contribution in [0.5, 0.6) is 5.75 Å². The lowest BCUT2D eigenvalue weighted by Gasteiger charge is -2.37. The van der Waals surface area contributed by atoms with E-state index < -0.39 is 0 Å². The molecule has 8 heteroatoms. The van der Waals surface area contributed by atoms with E-state index in [0.717, 1.165) is 67.9 Å². The van der Waals surface area contributed by atoms with Gasteiger partial charge in [-0.25, -0.2) is 0 Å². The molecule has 180 valence electrons. The Kier molecular flexibility index (Phi) is 8.11. The summed E-state index contributed by atoms with van der Waals surface area (Å²) in [5.74, 6) is 1.80. The van der Waals surface area contributed by atoms with Gasteiger partial charge >= 0.3 is 0 Å². The molecular formula is C26H33N5O2S. The van der Waals surface area contributed by atoms with Crippen molar-refractivity contribution in [1.82, 2.24) is 19.7 Å². The Balaban J connectivity index is 1.43. The van der Waals surface area contributed by atoms with E-state index in [1.54, 1.807) is 7.11 Å². The van der Waals surface area contributed by atoms with Gasteiger partial charge in [0.25, 0.3) is 0 Å². The Labute approximate surface area is 206 Å². The minimum Gasteiger partial charge on any atom is -0.497 e. The first kappa shape index (κ1) is 24.1. The Bertz CT molecular complexity index is 1060. The number of unbranched alkanes of at least 4 members (excludes halogenated alkanes) is 1. The van der Waals surface area contributed by atoms with Crippen LogP contribution in [0.2, 0.25) is 0 Å². The second-order valence-electron chi connectivity index (χ2n) is 8.45. The molecule has 1 aromatic heterocycles. The third-order valence-corrected chi connectivity index (χ3v) is 7.21. The molecule has 4 rings (SSSR count). The maximum atomic E-state index is 13.2. The summed E-state index contributed by atoms with van der Waals surface area (Å²) in [6.07, 6.45) is 2.10. The smallest absolute Gasteiger partial charge is 0.236 e. The van der Waals surface area contributed by atoms with Gasteiger partial charge in [-0.3, -0.25) is 4.79 Å². The van der Waals surface area contributed by atoms with Gasteiger partial charge in [-0.15, -0.1) is 10.2 Å². The number of benzene rings is 2. The number of aromatic nitrogens is 3. The summed E-state index contributed by atoms with van der Waals surface area (Å²) in [6, 6.07) is 18.3. The molecule has 0 radical (unpaired) electrons. The minimum atomic E-state index is -0.225. The number of hydrogen-bond acceptors (Lipinski definition) is 6. The van der Waals surface area contributed by atoms with Crippen molar-refractivity contribution >= 4 is 23.4 Å². The second-order valence-corrected chi connectivity index (χ2v) is 9.76. The number of hydrogen-bond donors (Lipinski definition) is 0. The van der Waals surface area contributed by atoms with E-state index in [0.29, 0.717) is 0 Å². The molecule has 0 N–H and O–H groups in total. The van der Waals surface area contributed by atoms with Crippen LogP contribution in [0.3, 0.4) is 0 Å². The van der Waals surface area contributed by atoms with Crippen molar-refractivity contribution in [2.24, 2.45) is 0 Å². The molecule has 7 nitrogen and oxygen atoms in total. The van der Waals surface area contributed by atoms with Crippen molar-refractivity contribution in [2.75, 3.05) is 38.2 Å². The topological polar surface area (TPSA) is 63.5 Å². The van der Waals surface area contributed by atoms with Crippen molar-refractivity contribution in [3.8, 4) is 17.1 Å². The highest BCUT2D eigenvalue weighted by Crippen LogP contribution is 2.29. The van der Waals surface area contributed by atoms with E-state index in [4.69, 9.17) is 4.74 Å². The summed E-state index contributed by atoms with van der Waals surface area (Å²) in [5.41, 5.74) is 2.21. The molecule has 2 heterocycles. The van der Waals surface area contributed by atoms with E-state index in [9.17, 15) is 4.79 Å². The van der Waals surface area contributed by atoms with Gasteiger partial charge in [-0.05, 0) is 49.7 Å². The van der Waals surface area contributed by atoms with E-state index in [1.807, 2.05) is 42.2 Å². The molecule has 1 saturated heterocycles. The molecule has 1 aliphatic heterocycles. The number of amides is 1. The summed E-state index contributed by atoms with van der Waals surface area (Å²) in [6.45, 7) is 8.14. The van der Waals surface area contributed by atoms with Crippen molar-refractivity contribution in [3.63, 3.8) is 0 Å². The summed E-state index contributed by atoms with van der Waals surface area (Å²) < 4.78 is 7.43.